The summed E-state index contributed by atoms with van der Waals surface area (Å²) in [6.07, 6.45) is 4.99. The molecule has 2 aromatic rings. The van der Waals surface area contributed by atoms with Gasteiger partial charge in [0, 0.05) is 36.8 Å². The van der Waals surface area contributed by atoms with Gasteiger partial charge >= 0.3 is 0 Å². The van der Waals surface area contributed by atoms with Crippen molar-refractivity contribution >= 4 is 0 Å². The second-order valence-electron chi connectivity index (χ2n) is 11.0. The van der Waals surface area contributed by atoms with E-state index in [1.807, 2.05) is 6.08 Å². The molecule has 2 heterocycles. The number of likely N-dealkylation sites (tertiary alicyclic amines) is 1. The van der Waals surface area contributed by atoms with E-state index in [1.165, 1.54) is 11.1 Å². The molecule has 5 nitrogen and oxygen atoms in total. The van der Waals surface area contributed by atoms with E-state index in [0.717, 1.165) is 50.9 Å². The third-order valence-corrected chi connectivity index (χ3v) is 9.20. The number of piperidine rings is 1. The Labute approximate surface area is 202 Å². The molecule has 2 aliphatic heterocycles. The van der Waals surface area contributed by atoms with E-state index in [9.17, 15) is 10.2 Å². The van der Waals surface area contributed by atoms with Gasteiger partial charge in [-0.2, -0.15) is 0 Å². The smallest absolute Gasteiger partial charge is 0.165 e. The fourth-order valence-electron chi connectivity index (χ4n) is 7.81. The van der Waals surface area contributed by atoms with E-state index >= 15 is 0 Å². The Morgan fingerprint density at radius 3 is 2.74 bits per heavy atom. The molecule has 0 radical (unpaired) electrons. The summed E-state index contributed by atoms with van der Waals surface area (Å²) >= 11 is 0. The average Bonchev–Trinajstić information content (AvgIpc) is 3.18. The lowest BCUT2D eigenvalue weighted by Gasteiger charge is -2.65. The second kappa shape index (κ2) is 7.84. The zero-order valence-electron chi connectivity index (χ0n) is 20.3. The molecule has 34 heavy (non-hydrogen) atoms. The molecule has 1 saturated heterocycles. The minimum absolute atomic E-state index is 0.0379. The van der Waals surface area contributed by atoms with E-state index in [0.29, 0.717) is 11.8 Å². The van der Waals surface area contributed by atoms with Crippen molar-refractivity contribution in [2.24, 2.45) is 0 Å². The van der Waals surface area contributed by atoms with Crippen molar-refractivity contribution in [1.29, 1.82) is 0 Å². The van der Waals surface area contributed by atoms with Crippen LogP contribution in [0.2, 0.25) is 0 Å². The molecular formula is C29H36N2O3. The number of phenols is 1. The first kappa shape index (κ1) is 22.1. The normalized spacial score (nSPS) is 33.6. The third kappa shape index (κ3) is 2.84. The molecule has 4 aliphatic rings. The van der Waals surface area contributed by atoms with Gasteiger partial charge in [-0.15, -0.1) is 6.58 Å². The molecule has 6 rings (SSSR count). The lowest BCUT2D eigenvalue weighted by Crippen LogP contribution is -2.78. The molecule has 0 aromatic heterocycles. The number of benzene rings is 2. The highest BCUT2D eigenvalue weighted by molar-refractivity contribution is 5.62. The monoisotopic (exact) mass is 460 g/mol. The molecule has 2 N–H and O–H groups in total. The molecular weight excluding hydrogens is 424 g/mol. The van der Waals surface area contributed by atoms with Crippen LogP contribution in [0.1, 0.15) is 49.8 Å². The van der Waals surface area contributed by atoms with E-state index in [2.05, 4.69) is 66.6 Å². The van der Waals surface area contributed by atoms with Crippen LogP contribution in [0.5, 0.6) is 11.5 Å². The van der Waals surface area contributed by atoms with Crippen LogP contribution < -0.4 is 4.74 Å². The summed E-state index contributed by atoms with van der Waals surface area (Å²) in [7, 11) is 0. The van der Waals surface area contributed by atoms with Crippen LogP contribution in [0.15, 0.2) is 55.1 Å². The maximum Gasteiger partial charge on any atom is 0.165 e. The van der Waals surface area contributed by atoms with Gasteiger partial charge in [-0.1, -0.05) is 42.5 Å². The van der Waals surface area contributed by atoms with Crippen LogP contribution in [0.25, 0.3) is 0 Å². The largest absolute Gasteiger partial charge is 0.504 e. The number of rotatable bonds is 6. The van der Waals surface area contributed by atoms with Gasteiger partial charge in [-0.25, -0.2) is 0 Å². The van der Waals surface area contributed by atoms with Gasteiger partial charge in [0.25, 0.3) is 0 Å². The number of hydrogen-bond acceptors (Lipinski definition) is 5. The molecule has 2 bridgehead atoms. The molecule has 0 amide bonds. The van der Waals surface area contributed by atoms with Crippen molar-refractivity contribution in [3.63, 3.8) is 0 Å². The zero-order valence-corrected chi connectivity index (χ0v) is 20.3. The first-order chi connectivity index (χ1) is 16.4. The molecule has 5 heteroatoms. The number of nitrogens with zero attached hydrogens (tertiary/aromatic N) is 2. The molecule has 180 valence electrons. The second-order valence-corrected chi connectivity index (χ2v) is 11.0. The standard InChI is InChI=1S/C29H36N2O3/c1-4-15-30-16-14-28-25-21-10-11-23(32)26(25)34-27(28)22(12-13-29(28,33)24(30)17-21)31(19(2)3)18-20-8-6-5-7-9-20/h4-11,19,22,24,27,32-33H,1,12-18H2,2-3H3/t22-,24+,27-,28-,29+/m0/s1. The van der Waals surface area contributed by atoms with Crippen LogP contribution in [-0.4, -0.2) is 62.9 Å². The van der Waals surface area contributed by atoms with Gasteiger partial charge in [0.1, 0.15) is 6.10 Å². The van der Waals surface area contributed by atoms with Crippen LogP contribution in [0, 0.1) is 0 Å². The van der Waals surface area contributed by atoms with Crippen molar-refractivity contribution < 1.29 is 14.9 Å². The minimum atomic E-state index is -0.878. The number of phenolic OH excluding ortho intramolecular Hbond substituents is 1. The summed E-state index contributed by atoms with van der Waals surface area (Å²) in [6, 6.07) is 15.0. The Hall–Kier alpha value is -2.34. The molecule has 1 saturated carbocycles. The Bertz CT molecular complexity index is 1100. The summed E-state index contributed by atoms with van der Waals surface area (Å²) in [5.74, 6) is 0.821. The van der Waals surface area contributed by atoms with Gasteiger partial charge < -0.3 is 14.9 Å². The fourth-order valence-corrected chi connectivity index (χ4v) is 7.81. The topological polar surface area (TPSA) is 56.2 Å². The third-order valence-electron chi connectivity index (χ3n) is 9.20. The van der Waals surface area contributed by atoms with Crippen molar-refractivity contribution in [1.82, 2.24) is 9.80 Å². The van der Waals surface area contributed by atoms with Crippen LogP contribution in [0.4, 0.5) is 0 Å². The van der Waals surface area contributed by atoms with Gasteiger partial charge in [0.15, 0.2) is 11.5 Å². The van der Waals surface area contributed by atoms with E-state index in [-0.39, 0.29) is 23.9 Å². The molecule has 2 aliphatic carbocycles. The summed E-state index contributed by atoms with van der Waals surface area (Å²) < 4.78 is 6.76. The fraction of sp³-hybridized carbons (Fsp3) is 0.517. The van der Waals surface area contributed by atoms with Crippen molar-refractivity contribution in [3.05, 3.63) is 71.8 Å². The first-order valence-electron chi connectivity index (χ1n) is 12.8. The minimum Gasteiger partial charge on any atom is -0.504 e. The van der Waals surface area contributed by atoms with Gasteiger partial charge in [-0.3, -0.25) is 9.80 Å². The van der Waals surface area contributed by atoms with Gasteiger partial charge in [0.2, 0.25) is 0 Å². The lowest BCUT2D eigenvalue weighted by molar-refractivity contribution is -0.201. The maximum atomic E-state index is 12.6. The van der Waals surface area contributed by atoms with Gasteiger partial charge in [0.05, 0.1) is 11.0 Å². The highest BCUT2D eigenvalue weighted by Crippen LogP contribution is 2.65. The Morgan fingerprint density at radius 1 is 1.21 bits per heavy atom. The Balaban J connectivity index is 1.48. The lowest BCUT2D eigenvalue weighted by atomic mass is 9.48. The van der Waals surface area contributed by atoms with E-state index < -0.39 is 11.0 Å². The quantitative estimate of drug-likeness (QED) is 0.638. The Kier molecular flexibility index (Phi) is 5.11. The SMILES string of the molecule is C=CCN1CC[C@]23c4c5ccc(O)c4O[C@H]2[C@@H](N(Cc2ccccc2)C(C)C)CC[C@@]3(O)[C@H]1C5. The van der Waals surface area contributed by atoms with Crippen LogP contribution in [0.3, 0.4) is 0 Å². The highest BCUT2D eigenvalue weighted by Gasteiger charge is 2.73. The molecule has 1 spiro atoms. The van der Waals surface area contributed by atoms with Crippen molar-refractivity contribution in [3.8, 4) is 11.5 Å². The number of hydrogen-bond donors (Lipinski definition) is 2. The maximum absolute atomic E-state index is 12.6. The predicted molar refractivity (Wildman–Crippen MR) is 133 cm³/mol. The van der Waals surface area contributed by atoms with Crippen LogP contribution >= 0.6 is 0 Å². The van der Waals surface area contributed by atoms with Crippen molar-refractivity contribution in [2.45, 2.75) is 81.3 Å². The number of aliphatic hydroxyl groups is 1. The molecule has 2 fully saturated rings. The predicted octanol–water partition coefficient (Wildman–Crippen LogP) is 4.01. The summed E-state index contributed by atoms with van der Waals surface area (Å²) in [6.45, 7) is 11.0. The van der Waals surface area contributed by atoms with Crippen LogP contribution in [-0.2, 0) is 18.4 Å². The van der Waals surface area contributed by atoms with E-state index in [4.69, 9.17) is 4.74 Å². The molecule has 2 aromatic carbocycles. The average molecular weight is 461 g/mol. The number of ether oxygens (including phenoxy) is 1. The zero-order chi connectivity index (χ0) is 23.7. The molecule has 5 atom stereocenters. The summed E-state index contributed by atoms with van der Waals surface area (Å²) in [4.78, 5) is 4.96. The number of aromatic hydroxyl groups is 1. The highest BCUT2D eigenvalue weighted by atomic mass is 16.5. The molecule has 0 unspecified atom stereocenters. The van der Waals surface area contributed by atoms with Crippen molar-refractivity contribution in [2.75, 3.05) is 13.1 Å². The summed E-state index contributed by atoms with van der Waals surface area (Å²) in [5.41, 5.74) is 2.22. The first-order valence-corrected chi connectivity index (χ1v) is 12.8. The van der Waals surface area contributed by atoms with Gasteiger partial charge in [-0.05, 0) is 63.3 Å². The Morgan fingerprint density at radius 2 is 2.00 bits per heavy atom. The van der Waals surface area contributed by atoms with E-state index in [1.54, 1.807) is 6.07 Å². The summed E-state index contributed by atoms with van der Waals surface area (Å²) in [5, 5.41) is 23.4.